The van der Waals surface area contributed by atoms with Crippen LogP contribution in [0.3, 0.4) is 0 Å². The molecule has 98 valence electrons. The van der Waals surface area contributed by atoms with E-state index >= 15 is 0 Å². The molecule has 0 unspecified atom stereocenters. The number of nitrogens with zero attached hydrogens (tertiary/aromatic N) is 5. The minimum atomic E-state index is 0.703. The molecule has 2 aromatic heterocycles. The Morgan fingerprint density at radius 3 is 2.60 bits per heavy atom. The molecule has 2 heterocycles. The van der Waals surface area contributed by atoms with E-state index in [1.54, 1.807) is 29.8 Å². The average Bonchev–Trinajstić information content (AvgIpc) is 2.53. The molecule has 0 aliphatic carbocycles. The molecule has 0 amide bonds. The maximum absolute atomic E-state index is 4.52. The normalized spacial score (nSPS) is 11.1. The number of hydrogen-bond acceptors (Lipinski definition) is 5. The third kappa shape index (κ3) is 2.61. The Morgan fingerprint density at radius 1 is 1.05 bits per heavy atom. The number of aromatic nitrogens is 3. The second-order valence-electron chi connectivity index (χ2n) is 4.27. The van der Waals surface area contributed by atoms with Crippen molar-refractivity contribution in [2.45, 2.75) is 0 Å². The topological polar surface area (TPSA) is 54.3 Å². The summed E-state index contributed by atoms with van der Waals surface area (Å²) < 4.78 is 0. The van der Waals surface area contributed by atoms with Gasteiger partial charge in [0.2, 0.25) is 0 Å². The van der Waals surface area contributed by atoms with Gasteiger partial charge in [-0.15, -0.1) is 0 Å². The van der Waals surface area contributed by atoms with Gasteiger partial charge in [-0.25, -0.2) is 9.99 Å². The first-order chi connectivity index (χ1) is 9.83. The smallest absolute Gasteiger partial charge is 0.167 e. The van der Waals surface area contributed by atoms with Gasteiger partial charge in [0.1, 0.15) is 0 Å². The minimum Gasteiger partial charge on any atom is -0.265 e. The third-order valence-electron chi connectivity index (χ3n) is 2.85. The minimum absolute atomic E-state index is 0.703. The molecular formula is C15H13N5. The number of hydrazone groups is 1. The number of fused-ring (bicyclic) bond motifs is 1. The molecule has 0 saturated carbocycles. The Bertz CT molecular complexity index is 739. The Morgan fingerprint density at radius 2 is 1.80 bits per heavy atom. The molecule has 5 nitrogen and oxygen atoms in total. The van der Waals surface area contributed by atoms with E-state index in [4.69, 9.17) is 0 Å². The Balaban J connectivity index is 1.85. The van der Waals surface area contributed by atoms with Crippen molar-refractivity contribution in [3.63, 3.8) is 0 Å². The van der Waals surface area contributed by atoms with E-state index < -0.39 is 0 Å². The summed E-state index contributed by atoms with van der Waals surface area (Å²) >= 11 is 0. The van der Waals surface area contributed by atoms with Crippen molar-refractivity contribution in [3.05, 3.63) is 60.6 Å². The largest absolute Gasteiger partial charge is 0.265 e. The van der Waals surface area contributed by atoms with E-state index in [1.165, 1.54) is 0 Å². The summed E-state index contributed by atoms with van der Waals surface area (Å²) in [6.07, 6.45) is 6.94. The van der Waals surface area contributed by atoms with Gasteiger partial charge in [0.25, 0.3) is 0 Å². The van der Waals surface area contributed by atoms with Crippen molar-refractivity contribution in [2.24, 2.45) is 5.10 Å². The van der Waals surface area contributed by atoms with Gasteiger partial charge in [0.05, 0.1) is 23.4 Å². The van der Waals surface area contributed by atoms with Gasteiger partial charge >= 0.3 is 0 Å². The molecule has 0 N–H and O–H groups in total. The first-order valence-electron chi connectivity index (χ1n) is 6.22. The monoisotopic (exact) mass is 263 g/mol. The van der Waals surface area contributed by atoms with Crippen LogP contribution in [0.4, 0.5) is 5.82 Å². The fourth-order valence-corrected chi connectivity index (χ4v) is 1.77. The second kappa shape index (κ2) is 5.44. The van der Waals surface area contributed by atoms with E-state index in [1.807, 2.05) is 43.4 Å². The molecule has 0 spiro atoms. The molecule has 0 bridgehead atoms. The van der Waals surface area contributed by atoms with Gasteiger partial charge in [-0.1, -0.05) is 12.1 Å². The second-order valence-corrected chi connectivity index (χ2v) is 4.27. The maximum atomic E-state index is 4.52. The van der Waals surface area contributed by atoms with E-state index in [2.05, 4.69) is 20.1 Å². The molecule has 1 aromatic carbocycles. The molecule has 0 aliphatic rings. The Labute approximate surface area is 116 Å². The van der Waals surface area contributed by atoms with Crippen LogP contribution >= 0.6 is 0 Å². The van der Waals surface area contributed by atoms with Crippen molar-refractivity contribution in [1.82, 2.24) is 15.0 Å². The van der Waals surface area contributed by atoms with Crippen LogP contribution in [0.15, 0.2) is 60.1 Å². The zero-order valence-electron chi connectivity index (χ0n) is 11.0. The summed E-state index contributed by atoms with van der Waals surface area (Å²) in [5.74, 6) is 0.703. The fraction of sp³-hybridized carbons (Fsp3) is 0.0667. The van der Waals surface area contributed by atoms with Gasteiger partial charge in [-0.3, -0.25) is 9.97 Å². The quantitative estimate of drug-likeness (QED) is 0.538. The summed E-state index contributed by atoms with van der Waals surface area (Å²) in [6, 6.07) is 11.6. The van der Waals surface area contributed by atoms with Crippen molar-refractivity contribution in [3.8, 4) is 0 Å². The lowest BCUT2D eigenvalue weighted by Gasteiger charge is -2.11. The predicted octanol–water partition coefficient (Wildman–Crippen LogP) is 2.50. The van der Waals surface area contributed by atoms with Gasteiger partial charge < -0.3 is 0 Å². The molecule has 0 radical (unpaired) electrons. The fourth-order valence-electron chi connectivity index (χ4n) is 1.77. The van der Waals surface area contributed by atoms with E-state index in [0.717, 1.165) is 16.6 Å². The molecule has 0 fully saturated rings. The van der Waals surface area contributed by atoms with Crippen LogP contribution in [0, 0.1) is 0 Å². The van der Waals surface area contributed by atoms with Gasteiger partial charge in [-0.2, -0.15) is 5.10 Å². The molecule has 20 heavy (non-hydrogen) atoms. The molecule has 5 heteroatoms. The van der Waals surface area contributed by atoms with Crippen LogP contribution < -0.4 is 5.01 Å². The SMILES string of the molecule is CN(N=Cc1ccncc1)c1cnc2ccccc2n1. The average molecular weight is 263 g/mol. The summed E-state index contributed by atoms with van der Waals surface area (Å²) in [7, 11) is 1.84. The number of rotatable bonds is 3. The number of pyridine rings is 1. The van der Waals surface area contributed by atoms with Crippen LogP contribution in [0.2, 0.25) is 0 Å². The van der Waals surface area contributed by atoms with Gasteiger partial charge in [0.15, 0.2) is 5.82 Å². The predicted molar refractivity (Wildman–Crippen MR) is 79.8 cm³/mol. The van der Waals surface area contributed by atoms with Crippen LogP contribution in [-0.2, 0) is 0 Å². The highest BCUT2D eigenvalue weighted by Crippen LogP contribution is 2.14. The highest BCUT2D eigenvalue weighted by atomic mass is 15.5. The summed E-state index contributed by atoms with van der Waals surface area (Å²) in [6.45, 7) is 0. The third-order valence-corrected chi connectivity index (χ3v) is 2.85. The number of para-hydroxylation sites is 2. The molecule has 0 aliphatic heterocycles. The number of hydrogen-bond donors (Lipinski definition) is 0. The Kier molecular flexibility index (Phi) is 3.33. The lowest BCUT2D eigenvalue weighted by Crippen LogP contribution is -2.11. The summed E-state index contributed by atoms with van der Waals surface area (Å²) in [5.41, 5.74) is 2.72. The first kappa shape index (κ1) is 12.2. The van der Waals surface area contributed by atoms with E-state index in [-0.39, 0.29) is 0 Å². The standard InChI is InChI=1S/C15H13N5/c1-20(18-10-12-6-8-16-9-7-12)15-11-17-13-4-2-3-5-14(13)19-15/h2-11H,1H3. The molecule has 3 rings (SSSR count). The zero-order chi connectivity index (χ0) is 13.8. The highest BCUT2D eigenvalue weighted by molar-refractivity contribution is 5.80. The maximum Gasteiger partial charge on any atom is 0.167 e. The van der Waals surface area contributed by atoms with Gasteiger partial charge in [-0.05, 0) is 29.8 Å². The van der Waals surface area contributed by atoms with Crippen LogP contribution in [0.25, 0.3) is 11.0 Å². The van der Waals surface area contributed by atoms with Crippen molar-refractivity contribution >= 4 is 23.1 Å². The molecule has 0 saturated heterocycles. The lowest BCUT2D eigenvalue weighted by molar-refractivity contribution is 0.981. The van der Waals surface area contributed by atoms with Crippen molar-refractivity contribution < 1.29 is 0 Å². The number of anilines is 1. The zero-order valence-corrected chi connectivity index (χ0v) is 11.0. The van der Waals surface area contributed by atoms with E-state index in [0.29, 0.717) is 5.82 Å². The molecular weight excluding hydrogens is 250 g/mol. The molecule has 0 atom stereocenters. The van der Waals surface area contributed by atoms with Crippen LogP contribution in [0.5, 0.6) is 0 Å². The lowest BCUT2D eigenvalue weighted by atomic mass is 10.3. The summed E-state index contributed by atoms with van der Waals surface area (Å²) in [4.78, 5) is 12.9. The van der Waals surface area contributed by atoms with Gasteiger partial charge in [0, 0.05) is 19.4 Å². The van der Waals surface area contributed by atoms with Crippen LogP contribution in [-0.4, -0.2) is 28.2 Å². The van der Waals surface area contributed by atoms with E-state index in [9.17, 15) is 0 Å². The number of benzene rings is 1. The van der Waals surface area contributed by atoms with Crippen molar-refractivity contribution in [1.29, 1.82) is 0 Å². The van der Waals surface area contributed by atoms with Crippen molar-refractivity contribution in [2.75, 3.05) is 12.1 Å². The molecule has 3 aromatic rings. The highest BCUT2D eigenvalue weighted by Gasteiger charge is 2.02. The first-order valence-corrected chi connectivity index (χ1v) is 6.22. The summed E-state index contributed by atoms with van der Waals surface area (Å²) in [5, 5.41) is 6.04. The Hall–Kier alpha value is -2.82. The van der Waals surface area contributed by atoms with Crippen LogP contribution in [0.1, 0.15) is 5.56 Å².